The molecule has 0 unspecified atom stereocenters. The minimum atomic E-state index is -0.837. The molecule has 0 bridgehead atoms. The number of aliphatic hydroxyl groups excluding tert-OH is 1. The van der Waals surface area contributed by atoms with Gasteiger partial charge in [-0.15, -0.1) is 0 Å². The number of nitrogens with zero attached hydrogens (tertiary/aromatic N) is 3. The van der Waals surface area contributed by atoms with Crippen LogP contribution in [-0.2, 0) is 27.5 Å². The van der Waals surface area contributed by atoms with Gasteiger partial charge in [-0.05, 0) is 66.4 Å². The predicted molar refractivity (Wildman–Crippen MR) is 156 cm³/mol. The zero-order valence-corrected chi connectivity index (χ0v) is 23.4. The third-order valence-electron chi connectivity index (χ3n) is 7.35. The highest BCUT2D eigenvalue weighted by atomic mass is 16.5. The number of methoxy groups -OCH3 is 1. The Hall–Kier alpha value is -5.18. The number of Topliss-reactive ketones (excluding diaryl/α,β-unsaturated/α-hetero) is 1. The number of carbonyl (C=O) groups is 3. The average Bonchev–Trinajstić information content (AvgIpc) is 3.63. The first kappa shape index (κ1) is 28.4. The van der Waals surface area contributed by atoms with Crippen molar-refractivity contribution in [2.75, 3.05) is 13.7 Å². The number of esters is 1. The molecule has 0 radical (unpaired) electrons. The van der Waals surface area contributed by atoms with Gasteiger partial charge in [0.1, 0.15) is 18.1 Å². The van der Waals surface area contributed by atoms with E-state index in [0.29, 0.717) is 42.0 Å². The maximum Gasteiger partial charge on any atom is 0.337 e. The Morgan fingerprint density at radius 1 is 0.952 bits per heavy atom. The maximum absolute atomic E-state index is 13.4. The molecule has 42 heavy (non-hydrogen) atoms. The zero-order chi connectivity index (χ0) is 29.6. The smallest absolute Gasteiger partial charge is 0.337 e. The van der Waals surface area contributed by atoms with Gasteiger partial charge in [0.15, 0.2) is 0 Å². The predicted octanol–water partition coefficient (Wildman–Crippen LogP) is 5.07. The summed E-state index contributed by atoms with van der Waals surface area (Å²) in [7, 11) is 1.30. The summed E-state index contributed by atoms with van der Waals surface area (Å²) in [6, 6.07) is 20.4. The van der Waals surface area contributed by atoms with Gasteiger partial charge in [0, 0.05) is 31.0 Å². The molecular formula is C33H31N3O6. The van der Waals surface area contributed by atoms with Crippen LogP contribution in [0.15, 0.2) is 97.1 Å². The van der Waals surface area contributed by atoms with Crippen LogP contribution < -0.4 is 4.74 Å². The molecule has 1 aliphatic heterocycles. The van der Waals surface area contributed by atoms with Crippen LogP contribution in [0.2, 0.25) is 0 Å². The van der Waals surface area contributed by atoms with Crippen LogP contribution in [0.3, 0.4) is 0 Å². The lowest BCUT2D eigenvalue weighted by molar-refractivity contribution is -0.139. The standard InChI is InChI=1S/C33H31N3O6/c1-22-6-3-4-7-26(22)20-42-27-14-12-24(13-15-27)30(37)28-29(23-8-10-25(11-9-23)33(40)41-2)36(32(39)31(28)38)18-5-17-35-19-16-34-21-35/h3-4,6-16,19,21,29,37H,5,17-18,20H2,1-2H3/b30-28+/t29-/m0/s1. The monoisotopic (exact) mass is 565 g/mol. The molecule has 1 amide bonds. The topological polar surface area (TPSA) is 111 Å². The van der Waals surface area contributed by atoms with Crippen molar-refractivity contribution < 1.29 is 29.0 Å². The highest BCUT2D eigenvalue weighted by molar-refractivity contribution is 6.46. The van der Waals surface area contributed by atoms with E-state index in [9.17, 15) is 19.5 Å². The number of imidazole rings is 1. The van der Waals surface area contributed by atoms with Gasteiger partial charge in [0.25, 0.3) is 11.7 Å². The van der Waals surface area contributed by atoms with Crippen LogP contribution in [0.5, 0.6) is 5.75 Å². The largest absolute Gasteiger partial charge is 0.507 e. The summed E-state index contributed by atoms with van der Waals surface area (Å²) in [5.41, 5.74) is 3.48. The average molecular weight is 566 g/mol. The number of carbonyl (C=O) groups excluding carboxylic acids is 3. The highest BCUT2D eigenvalue weighted by Crippen LogP contribution is 2.39. The molecule has 2 heterocycles. The molecule has 0 saturated carbocycles. The van der Waals surface area contributed by atoms with E-state index in [1.165, 1.54) is 12.0 Å². The Labute approximate surface area is 243 Å². The molecule has 5 rings (SSSR count). The lowest BCUT2D eigenvalue weighted by Gasteiger charge is -2.25. The van der Waals surface area contributed by atoms with Crippen molar-refractivity contribution >= 4 is 23.4 Å². The summed E-state index contributed by atoms with van der Waals surface area (Å²) in [4.78, 5) is 44.1. The normalized spacial score (nSPS) is 16.0. The number of aryl methyl sites for hydroxylation is 2. The Morgan fingerprint density at radius 3 is 2.33 bits per heavy atom. The van der Waals surface area contributed by atoms with Gasteiger partial charge in [-0.25, -0.2) is 9.78 Å². The van der Waals surface area contributed by atoms with Crippen molar-refractivity contribution in [2.24, 2.45) is 0 Å². The molecule has 214 valence electrons. The lowest BCUT2D eigenvalue weighted by Crippen LogP contribution is -2.31. The number of likely N-dealkylation sites (tertiary alicyclic amines) is 1. The maximum atomic E-state index is 13.4. The first-order valence-corrected chi connectivity index (χ1v) is 13.6. The fraction of sp³-hybridized carbons (Fsp3) is 0.212. The van der Waals surface area contributed by atoms with E-state index in [4.69, 9.17) is 9.47 Å². The van der Waals surface area contributed by atoms with E-state index >= 15 is 0 Å². The van der Waals surface area contributed by atoms with Crippen LogP contribution in [0.1, 0.15) is 45.1 Å². The SMILES string of the molecule is COC(=O)c1ccc([C@H]2/C(=C(\O)c3ccc(OCc4ccccc4C)cc3)C(=O)C(=O)N2CCCn2ccnc2)cc1. The van der Waals surface area contributed by atoms with Crippen molar-refractivity contribution in [2.45, 2.75) is 32.5 Å². The molecule has 1 atom stereocenters. The van der Waals surface area contributed by atoms with Crippen LogP contribution in [0.25, 0.3) is 5.76 Å². The van der Waals surface area contributed by atoms with Gasteiger partial charge in [0.05, 0.1) is 30.6 Å². The number of hydrogen-bond acceptors (Lipinski definition) is 7. The van der Waals surface area contributed by atoms with Gasteiger partial charge in [-0.3, -0.25) is 9.59 Å². The Kier molecular flexibility index (Phi) is 8.47. The first-order valence-electron chi connectivity index (χ1n) is 13.6. The summed E-state index contributed by atoms with van der Waals surface area (Å²) in [5, 5.41) is 11.4. The molecule has 9 nitrogen and oxygen atoms in total. The minimum absolute atomic E-state index is 0.0120. The number of hydrogen-bond donors (Lipinski definition) is 1. The van der Waals surface area contributed by atoms with E-state index in [-0.39, 0.29) is 17.9 Å². The summed E-state index contributed by atoms with van der Waals surface area (Å²) in [6.45, 7) is 3.28. The van der Waals surface area contributed by atoms with Gasteiger partial charge in [-0.1, -0.05) is 36.4 Å². The van der Waals surface area contributed by atoms with Crippen molar-refractivity contribution in [3.05, 3.63) is 125 Å². The summed E-state index contributed by atoms with van der Waals surface area (Å²) in [5.74, 6) is -1.64. The number of amides is 1. The summed E-state index contributed by atoms with van der Waals surface area (Å²) in [6.07, 6.45) is 5.75. The zero-order valence-electron chi connectivity index (χ0n) is 23.4. The summed E-state index contributed by atoms with van der Waals surface area (Å²) < 4.78 is 12.6. The van der Waals surface area contributed by atoms with E-state index < -0.39 is 23.7 Å². The van der Waals surface area contributed by atoms with Crippen molar-refractivity contribution in [3.8, 4) is 5.75 Å². The number of ether oxygens (including phenoxy) is 2. The molecule has 3 aromatic carbocycles. The molecule has 1 fully saturated rings. The third-order valence-corrected chi connectivity index (χ3v) is 7.35. The lowest BCUT2D eigenvalue weighted by atomic mass is 9.94. The van der Waals surface area contributed by atoms with Crippen molar-refractivity contribution in [1.82, 2.24) is 14.5 Å². The number of rotatable bonds is 10. The van der Waals surface area contributed by atoms with Crippen LogP contribution >= 0.6 is 0 Å². The number of aromatic nitrogens is 2. The van der Waals surface area contributed by atoms with Gasteiger partial charge >= 0.3 is 5.97 Å². The molecule has 1 N–H and O–H groups in total. The van der Waals surface area contributed by atoms with Crippen molar-refractivity contribution in [1.29, 1.82) is 0 Å². The van der Waals surface area contributed by atoms with Crippen LogP contribution in [-0.4, -0.2) is 50.9 Å². The van der Waals surface area contributed by atoms with E-state index in [0.717, 1.165) is 11.1 Å². The number of benzene rings is 3. The second-order valence-electron chi connectivity index (χ2n) is 10.00. The fourth-order valence-electron chi connectivity index (χ4n) is 5.02. The molecule has 1 aliphatic rings. The molecular weight excluding hydrogens is 534 g/mol. The summed E-state index contributed by atoms with van der Waals surface area (Å²) >= 11 is 0. The molecule has 1 aromatic heterocycles. The first-order chi connectivity index (χ1) is 20.4. The fourth-order valence-corrected chi connectivity index (χ4v) is 5.02. The molecule has 9 heteroatoms. The molecule has 0 aliphatic carbocycles. The Balaban J connectivity index is 1.43. The number of ketones is 1. The third kappa shape index (κ3) is 5.95. The quantitative estimate of drug-likeness (QED) is 0.124. The van der Waals surface area contributed by atoms with Gasteiger partial charge in [0.2, 0.25) is 0 Å². The minimum Gasteiger partial charge on any atom is -0.507 e. The van der Waals surface area contributed by atoms with Gasteiger partial charge < -0.3 is 24.0 Å². The highest BCUT2D eigenvalue weighted by Gasteiger charge is 2.45. The van der Waals surface area contributed by atoms with Crippen molar-refractivity contribution in [3.63, 3.8) is 0 Å². The van der Waals surface area contributed by atoms with E-state index in [1.54, 1.807) is 61.1 Å². The molecule has 4 aromatic rings. The Morgan fingerprint density at radius 2 is 1.67 bits per heavy atom. The Bertz CT molecular complexity index is 1610. The molecule has 0 spiro atoms. The second kappa shape index (κ2) is 12.6. The van der Waals surface area contributed by atoms with E-state index in [1.807, 2.05) is 42.0 Å². The van der Waals surface area contributed by atoms with Crippen LogP contribution in [0.4, 0.5) is 0 Å². The van der Waals surface area contributed by atoms with E-state index in [2.05, 4.69) is 4.98 Å². The molecule has 1 saturated heterocycles. The number of aliphatic hydroxyl groups is 1. The van der Waals surface area contributed by atoms with Gasteiger partial charge in [-0.2, -0.15) is 0 Å². The van der Waals surface area contributed by atoms with Crippen LogP contribution in [0, 0.1) is 6.92 Å². The second-order valence-corrected chi connectivity index (χ2v) is 10.00.